The highest BCUT2D eigenvalue weighted by Gasteiger charge is 2.27. The van der Waals surface area contributed by atoms with Gasteiger partial charge in [0.1, 0.15) is 0 Å². The Balaban J connectivity index is 1.46. The van der Waals surface area contributed by atoms with Gasteiger partial charge in [0.05, 0.1) is 27.0 Å². The summed E-state index contributed by atoms with van der Waals surface area (Å²) in [5, 5.41) is 20.0. The van der Waals surface area contributed by atoms with Crippen molar-refractivity contribution in [2.75, 3.05) is 31.1 Å². The minimum absolute atomic E-state index is 0.0548. The molecule has 31 heavy (non-hydrogen) atoms. The lowest BCUT2D eigenvalue weighted by Gasteiger charge is -2.36. The van der Waals surface area contributed by atoms with Crippen LogP contribution < -0.4 is 4.90 Å². The van der Waals surface area contributed by atoms with E-state index in [1.165, 1.54) is 12.1 Å². The minimum atomic E-state index is -0.481. The average Bonchev–Trinajstić information content (AvgIpc) is 3.14. The number of nitro benzene ring substituents is 1. The number of anilines is 1. The number of benzene rings is 2. The highest BCUT2D eigenvalue weighted by molar-refractivity contribution is 6.33. The van der Waals surface area contributed by atoms with E-state index >= 15 is 0 Å². The number of aromatic nitrogens is 3. The molecule has 1 fully saturated rings. The summed E-state index contributed by atoms with van der Waals surface area (Å²) in [6.07, 6.45) is 0. The summed E-state index contributed by atoms with van der Waals surface area (Å²) < 4.78 is 1.59. The second-order valence-corrected chi connectivity index (χ2v) is 7.93. The third-order valence-electron chi connectivity index (χ3n) is 5.20. The molecule has 0 N–H and O–H groups in total. The first kappa shape index (κ1) is 21.1. The first-order valence-corrected chi connectivity index (χ1v) is 10.3. The van der Waals surface area contributed by atoms with Crippen LogP contribution in [0.2, 0.25) is 10.0 Å². The van der Waals surface area contributed by atoms with E-state index in [0.29, 0.717) is 53.3 Å². The maximum Gasteiger partial charge on any atom is 0.276 e. The van der Waals surface area contributed by atoms with Gasteiger partial charge >= 0.3 is 0 Å². The van der Waals surface area contributed by atoms with Crippen LogP contribution in [0.25, 0.3) is 5.69 Å². The molecule has 1 aliphatic heterocycles. The molecule has 1 aliphatic rings. The average molecular weight is 461 g/mol. The van der Waals surface area contributed by atoms with Crippen LogP contribution in [0.1, 0.15) is 16.2 Å². The van der Waals surface area contributed by atoms with Crippen LogP contribution in [0.15, 0.2) is 42.5 Å². The molecular weight excluding hydrogens is 443 g/mol. The normalized spacial score (nSPS) is 14.0. The molecule has 4 rings (SSSR count). The fraction of sp³-hybridized carbons (Fsp3) is 0.250. The molecule has 3 aromatic rings. The van der Waals surface area contributed by atoms with Crippen LogP contribution in [0, 0.1) is 17.0 Å². The molecule has 0 bridgehead atoms. The van der Waals surface area contributed by atoms with Gasteiger partial charge in [0.15, 0.2) is 5.69 Å². The van der Waals surface area contributed by atoms with E-state index in [-0.39, 0.29) is 11.6 Å². The van der Waals surface area contributed by atoms with Crippen molar-refractivity contribution >= 4 is 40.5 Å². The van der Waals surface area contributed by atoms with Crippen LogP contribution in [-0.2, 0) is 0 Å². The number of carbonyl (C=O) groups excluding carboxylic acids is 1. The van der Waals surface area contributed by atoms with E-state index in [1.807, 2.05) is 17.0 Å². The van der Waals surface area contributed by atoms with Crippen molar-refractivity contribution in [2.24, 2.45) is 0 Å². The Bertz CT molecular complexity index is 1160. The van der Waals surface area contributed by atoms with Crippen molar-refractivity contribution in [3.05, 3.63) is 74.0 Å². The second kappa shape index (κ2) is 8.52. The van der Waals surface area contributed by atoms with Crippen LogP contribution in [0.5, 0.6) is 0 Å². The van der Waals surface area contributed by atoms with Crippen molar-refractivity contribution < 1.29 is 9.72 Å². The SMILES string of the molecule is Cc1c(C(=O)N2CCN(c3ccc([N+](=O)[O-])cc3Cl)CC2)nnn1-c1cccc(Cl)c1. The number of non-ortho nitro benzene ring substituents is 1. The number of amides is 1. The Morgan fingerprint density at radius 1 is 1.10 bits per heavy atom. The third-order valence-corrected chi connectivity index (χ3v) is 5.74. The zero-order valence-corrected chi connectivity index (χ0v) is 18.0. The highest BCUT2D eigenvalue weighted by Crippen LogP contribution is 2.30. The predicted molar refractivity (Wildman–Crippen MR) is 117 cm³/mol. The lowest BCUT2D eigenvalue weighted by molar-refractivity contribution is -0.384. The number of rotatable bonds is 4. The van der Waals surface area contributed by atoms with Crippen LogP contribution in [-0.4, -0.2) is 56.9 Å². The van der Waals surface area contributed by atoms with Gasteiger partial charge in [0.25, 0.3) is 11.6 Å². The molecule has 2 heterocycles. The standard InChI is InChI=1S/C20H18Cl2N6O3/c1-13-19(23-24-27(13)15-4-2-3-14(21)11-15)20(29)26-9-7-25(8-10-26)18-6-5-16(28(30)31)12-17(18)22/h2-6,11-12H,7-10H2,1H3. The summed E-state index contributed by atoms with van der Waals surface area (Å²) in [5.41, 5.74) is 2.31. The number of nitro groups is 1. The van der Waals surface area contributed by atoms with Gasteiger partial charge in [0.2, 0.25) is 0 Å². The summed E-state index contributed by atoms with van der Waals surface area (Å²) >= 11 is 12.3. The summed E-state index contributed by atoms with van der Waals surface area (Å²) in [4.78, 5) is 27.2. The first-order chi connectivity index (χ1) is 14.8. The predicted octanol–water partition coefficient (Wildman–Crippen LogP) is 3.75. The molecule has 160 valence electrons. The van der Waals surface area contributed by atoms with E-state index in [1.54, 1.807) is 34.7 Å². The molecule has 0 spiro atoms. The zero-order valence-electron chi connectivity index (χ0n) is 16.5. The Hall–Kier alpha value is -3.17. The molecule has 0 aliphatic carbocycles. The maximum absolute atomic E-state index is 13.0. The van der Waals surface area contributed by atoms with E-state index in [2.05, 4.69) is 10.3 Å². The van der Waals surface area contributed by atoms with Gasteiger partial charge < -0.3 is 9.80 Å². The Morgan fingerprint density at radius 3 is 2.48 bits per heavy atom. The molecule has 0 radical (unpaired) electrons. The summed E-state index contributed by atoms with van der Waals surface area (Å²) in [6.45, 7) is 3.82. The molecule has 9 nitrogen and oxygen atoms in total. The van der Waals surface area contributed by atoms with E-state index in [9.17, 15) is 14.9 Å². The van der Waals surface area contributed by atoms with E-state index in [4.69, 9.17) is 23.2 Å². The van der Waals surface area contributed by atoms with Crippen molar-refractivity contribution in [3.8, 4) is 5.69 Å². The van der Waals surface area contributed by atoms with Crippen molar-refractivity contribution in [2.45, 2.75) is 6.92 Å². The molecule has 0 unspecified atom stereocenters. The Morgan fingerprint density at radius 2 is 1.84 bits per heavy atom. The smallest absolute Gasteiger partial charge is 0.276 e. The molecule has 0 saturated carbocycles. The third kappa shape index (κ3) is 4.19. The second-order valence-electron chi connectivity index (χ2n) is 7.09. The number of carbonyl (C=O) groups is 1. The van der Waals surface area contributed by atoms with Crippen molar-refractivity contribution in [3.63, 3.8) is 0 Å². The van der Waals surface area contributed by atoms with E-state index < -0.39 is 4.92 Å². The quantitative estimate of drug-likeness (QED) is 0.434. The van der Waals surface area contributed by atoms with Crippen LogP contribution in [0.4, 0.5) is 11.4 Å². The summed E-state index contributed by atoms with van der Waals surface area (Å²) in [6, 6.07) is 11.6. The number of halogens is 2. The molecule has 1 aromatic heterocycles. The Kier molecular flexibility index (Phi) is 5.79. The summed E-state index contributed by atoms with van der Waals surface area (Å²) in [5.74, 6) is -0.194. The number of hydrogen-bond acceptors (Lipinski definition) is 6. The highest BCUT2D eigenvalue weighted by atomic mass is 35.5. The van der Waals surface area contributed by atoms with Gasteiger partial charge in [-0.25, -0.2) is 4.68 Å². The fourth-order valence-electron chi connectivity index (χ4n) is 3.55. The van der Waals surface area contributed by atoms with Crippen LogP contribution >= 0.6 is 23.2 Å². The van der Waals surface area contributed by atoms with Gasteiger partial charge in [-0.1, -0.05) is 34.5 Å². The largest absolute Gasteiger partial charge is 0.367 e. The van der Waals surface area contributed by atoms with Gasteiger partial charge in [-0.15, -0.1) is 5.10 Å². The van der Waals surface area contributed by atoms with Crippen molar-refractivity contribution in [1.82, 2.24) is 19.9 Å². The maximum atomic E-state index is 13.0. The zero-order chi connectivity index (χ0) is 22.1. The minimum Gasteiger partial charge on any atom is -0.367 e. The first-order valence-electron chi connectivity index (χ1n) is 9.51. The van der Waals surface area contributed by atoms with Crippen molar-refractivity contribution in [1.29, 1.82) is 0 Å². The summed E-state index contributed by atoms with van der Waals surface area (Å²) in [7, 11) is 0. The fourth-order valence-corrected chi connectivity index (χ4v) is 4.02. The van der Waals surface area contributed by atoms with E-state index in [0.717, 1.165) is 5.69 Å². The lowest BCUT2D eigenvalue weighted by atomic mass is 10.2. The Labute approximate surface area is 187 Å². The van der Waals surface area contributed by atoms with Crippen LogP contribution in [0.3, 0.4) is 0 Å². The topological polar surface area (TPSA) is 97.4 Å². The number of piperazine rings is 1. The van der Waals surface area contributed by atoms with Gasteiger partial charge in [-0.3, -0.25) is 14.9 Å². The molecule has 1 saturated heterocycles. The monoisotopic (exact) mass is 460 g/mol. The lowest BCUT2D eigenvalue weighted by Crippen LogP contribution is -2.49. The molecule has 11 heteroatoms. The van der Waals surface area contributed by atoms with Gasteiger partial charge in [0, 0.05) is 43.3 Å². The molecule has 0 atom stereocenters. The van der Waals surface area contributed by atoms with Gasteiger partial charge in [-0.05, 0) is 31.2 Å². The molecule has 2 aromatic carbocycles. The van der Waals surface area contributed by atoms with Gasteiger partial charge in [-0.2, -0.15) is 0 Å². The molecular formula is C20H18Cl2N6O3. The number of hydrogen-bond donors (Lipinski definition) is 0. The molecule has 1 amide bonds. The number of nitrogens with zero attached hydrogens (tertiary/aromatic N) is 6.